The Bertz CT molecular complexity index is 145. The van der Waals surface area contributed by atoms with Crippen LogP contribution in [0.2, 0.25) is 0 Å². The molecule has 0 radical (unpaired) electrons. The number of hydrogen-bond donors (Lipinski definition) is 1. The van der Waals surface area contributed by atoms with Gasteiger partial charge in [0.15, 0.2) is 0 Å². The number of aliphatic hydroxyl groups excluding tert-OH is 1. The third kappa shape index (κ3) is 1.80. The maximum atomic E-state index is 9.74. The first kappa shape index (κ1) is 10.0. The van der Waals surface area contributed by atoms with Crippen molar-refractivity contribution >= 4 is 0 Å². The van der Waals surface area contributed by atoms with E-state index in [0.29, 0.717) is 18.0 Å². The largest absolute Gasteiger partial charge is 0.391 e. The Balaban J connectivity index is 2.64. The van der Waals surface area contributed by atoms with Crippen LogP contribution in [0.3, 0.4) is 0 Å². The Labute approximate surface area is 75.6 Å². The zero-order chi connectivity index (χ0) is 9.30. The second-order valence-corrected chi connectivity index (χ2v) is 4.42. The molecule has 1 aliphatic rings. The minimum atomic E-state index is -0.104. The molecule has 0 aromatic carbocycles. The van der Waals surface area contributed by atoms with Gasteiger partial charge in [-0.05, 0) is 26.2 Å². The van der Waals surface area contributed by atoms with Crippen molar-refractivity contribution in [3.8, 4) is 0 Å². The van der Waals surface area contributed by atoms with Crippen LogP contribution < -0.4 is 0 Å². The number of nitrogens with zero attached hydrogens (tertiary/aromatic N) is 1. The molecule has 0 unspecified atom stereocenters. The van der Waals surface area contributed by atoms with Gasteiger partial charge in [0.25, 0.3) is 0 Å². The predicted octanol–water partition coefficient (Wildman–Crippen LogP) is 1.49. The summed E-state index contributed by atoms with van der Waals surface area (Å²) in [6.45, 7) is 9.84. The van der Waals surface area contributed by atoms with E-state index >= 15 is 0 Å². The maximum absolute atomic E-state index is 9.74. The Morgan fingerprint density at radius 3 is 2.17 bits per heavy atom. The highest BCUT2D eigenvalue weighted by atomic mass is 16.3. The van der Waals surface area contributed by atoms with Gasteiger partial charge in [-0.2, -0.15) is 0 Å². The van der Waals surface area contributed by atoms with Gasteiger partial charge in [0.1, 0.15) is 0 Å². The Morgan fingerprint density at radius 1 is 1.25 bits per heavy atom. The fourth-order valence-electron chi connectivity index (χ4n) is 2.25. The molecule has 1 fully saturated rings. The van der Waals surface area contributed by atoms with Gasteiger partial charge in [0.05, 0.1) is 6.10 Å². The van der Waals surface area contributed by atoms with Crippen LogP contribution in [0.15, 0.2) is 0 Å². The molecule has 1 heterocycles. The number of likely N-dealkylation sites (tertiary alicyclic amines) is 1. The lowest BCUT2D eigenvalue weighted by Crippen LogP contribution is -2.43. The van der Waals surface area contributed by atoms with Crippen LogP contribution >= 0.6 is 0 Å². The quantitative estimate of drug-likeness (QED) is 0.680. The lowest BCUT2D eigenvalue weighted by Gasteiger charge is -2.32. The van der Waals surface area contributed by atoms with Crippen molar-refractivity contribution in [3.05, 3.63) is 0 Å². The van der Waals surface area contributed by atoms with Gasteiger partial charge in [-0.1, -0.05) is 13.8 Å². The highest BCUT2D eigenvalue weighted by Gasteiger charge is 2.35. The molecule has 1 aliphatic heterocycles. The second kappa shape index (κ2) is 3.75. The molecule has 0 aromatic heterocycles. The van der Waals surface area contributed by atoms with Gasteiger partial charge in [-0.15, -0.1) is 0 Å². The van der Waals surface area contributed by atoms with Crippen molar-refractivity contribution in [2.75, 3.05) is 6.54 Å². The van der Waals surface area contributed by atoms with E-state index in [4.69, 9.17) is 0 Å². The molecule has 1 rings (SSSR count). The molecular weight excluding hydrogens is 150 g/mol. The summed E-state index contributed by atoms with van der Waals surface area (Å²) in [6, 6.07) is 0.944. The van der Waals surface area contributed by atoms with Crippen molar-refractivity contribution in [1.29, 1.82) is 0 Å². The van der Waals surface area contributed by atoms with Gasteiger partial charge in [0, 0.05) is 18.6 Å². The third-order valence-electron chi connectivity index (χ3n) is 2.81. The molecule has 1 N–H and O–H groups in total. The smallest absolute Gasteiger partial charge is 0.0710 e. The zero-order valence-electron chi connectivity index (χ0n) is 8.62. The first-order valence-corrected chi connectivity index (χ1v) is 4.98. The highest BCUT2D eigenvalue weighted by molar-refractivity contribution is 4.90. The van der Waals surface area contributed by atoms with E-state index in [9.17, 15) is 5.11 Å². The average Bonchev–Trinajstić information content (AvgIpc) is 2.30. The van der Waals surface area contributed by atoms with Crippen molar-refractivity contribution in [2.45, 2.75) is 52.3 Å². The number of rotatable bonds is 2. The normalized spacial score (nSPS) is 32.2. The average molecular weight is 171 g/mol. The van der Waals surface area contributed by atoms with Gasteiger partial charge in [-0.25, -0.2) is 0 Å². The summed E-state index contributed by atoms with van der Waals surface area (Å²) in [4.78, 5) is 2.41. The minimum absolute atomic E-state index is 0.104. The van der Waals surface area contributed by atoms with Crippen LogP contribution in [0.5, 0.6) is 0 Å². The SMILES string of the molecule is CC(C)[C@H]1[C@H](O)CCN1C(C)C. The molecular formula is C10H21NO. The monoisotopic (exact) mass is 171 g/mol. The summed E-state index contributed by atoms with van der Waals surface area (Å²) in [5.41, 5.74) is 0. The van der Waals surface area contributed by atoms with E-state index in [0.717, 1.165) is 13.0 Å². The maximum Gasteiger partial charge on any atom is 0.0710 e. The molecule has 0 aromatic rings. The molecule has 0 amide bonds. The molecule has 1 saturated heterocycles. The van der Waals surface area contributed by atoms with E-state index in [1.807, 2.05) is 0 Å². The Kier molecular flexibility index (Phi) is 3.13. The van der Waals surface area contributed by atoms with Crippen LogP contribution in [0.4, 0.5) is 0 Å². The van der Waals surface area contributed by atoms with Crippen LogP contribution in [0.1, 0.15) is 34.1 Å². The standard InChI is InChI=1S/C10H21NO/c1-7(2)10-9(12)5-6-11(10)8(3)4/h7-10,12H,5-6H2,1-4H3/t9-,10+/m1/s1. The van der Waals surface area contributed by atoms with Crippen LogP contribution in [-0.2, 0) is 0 Å². The summed E-state index contributed by atoms with van der Waals surface area (Å²) in [5, 5.41) is 9.74. The third-order valence-corrected chi connectivity index (χ3v) is 2.81. The second-order valence-electron chi connectivity index (χ2n) is 4.42. The molecule has 0 saturated carbocycles. The summed E-state index contributed by atoms with van der Waals surface area (Å²) in [5.74, 6) is 0.560. The minimum Gasteiger partial charge on any atom is -0.391 e. The van der Waals surface area contributed by atoms with Gasteiger partial charge in [0.2, 0.25) is 0 Å². The van der Waals surface area contributed by atoms with Crippen molar-refractivity contribution < 1.29 is 5.11 Å². The summed E-state index contributed by atoms with van der Waals surface area (Å²) >= 11 is 0. The summed E-state index contributed by atoms with van der Waals surface area (Å²) in [7, 11) is 0. The molecule has 72 valence electrons. The number of hydrogen-bond acceptors (Lipinski definition) is 2. The van der Waals surface area contributed by atoms with Crippen molar-refractivity contribution in [3.63, 3.8) is 0 Å². The fraction of sp³-hybridized carbons (Fsp3) is 1.00. The van der Waals surface area contributed by atoms with Gasteiger partial charge in [-0.3, -0.25) is 4.90 Å². The first-order chi connectivity index (χ1) is 5.54. The van der Waals surface area contributed by atoms with E-state index in [1.54, 1.807) is 0 Å². The zero-order valence-corrected chi connectivity index (χ0v) is 8.62. The fourth-order valence-corrected chi connectivity index (χ4v) is 2.25. The molecule has 0 aliphatic carbocycles. The van der Waals surface area contributed by atoms with Gasteiger partial charge < -0.3 is 5.11 Å². The highest BCUT2D eigenvalue weighted by Crippen LogP contribution is 2.25. The van der Waals surface area contributed by atoms with E-state index in [2.05, 4.69) is 32.6 Å². The molecule has 2 heteroatoms. The molecule has 0 bridgehead atoms. The Hall–Kier alpha value is -0.0800. The lowest BCUT2D eigenvalue weighted by molar-refractivity contribution is 0.0719. The van der Waals surface area contributed by atoms with Gasteiger partial charge >= 0.3 is 0 Å². The van der Waals surface area contributed by atoms with E-state index in [-0.39, 0.29) is 6.10 Å². The van der Waals surface area contributed by atoms with E-state index < -0.39 is 0 Å². The molecule has 2 atom stereocenters. The lowest BCUT2D eigenvalue weighted by atomic mass is 9.99. The summed E-state index contributed by atoms with van der Waals surface area (Å²) in [6.07, 6.45) is 0.841. The first-order valence-electron chi connectivity index (χ1n) is 4.98. The molecule has 12 heavy (non-hydrogen) atoms. The molecule has 2 nitrogen and oxygen atoms in total. The number of aliphatic hydroxyl groups is 1. The summed E-state index contributed by atoms with van der Waals surface area (Å²) < 4.78 is 0. The van der Waals surface area contributed by atoms with E-state index in [1.165, 1.54) is 0 Å². The van der Waals surface area contributed by atoms with Crippen LogP contribution in [-0.4, -0.2) is 34.7 Å². The van der Waals surface area contributed by atoms with Crippen LogP contribution in [0.25, 0.3) is 0 Å². The Morgan fingerprint density at radius 2 is 1.83 bits per heavy atom. The predicted molar refractivity (Wildman–Crippen MR) is 51.1 cm³/mol. The van der Waals surface area contributed by atoms with Crippen LogP contribution in [0, 0.1) is 5.92 Å². The topological polar surface area (TPSA) is 23.5 Å². The van der Waals surface area contributed by atoms with Crippen molar-refractivity contribution in [1.82, 2.24) is 4.90 Å². The van der Waals surface area contributed by atoms with Crippen molar-refractivity contribution in [2.24, 2.45) is 5.92 Å². The molecule has 0 spiro atoms.